The van der Waals surface area contributed by atoms with E-state index in [9.17, 15) is 12.8 Å². The zero-order valence-electron chi connectivity index (χ0n) is 8.71. The lowest BCUT2D eigenvalue weighted by Gasteiger charge is -2.05. The van der Waals surface area contributed by atoms with Crippen molar-refractivity contribution >= 4 is 31.9 Å². The standard InChI is InChI=1S/C8H7BrFN5O2S/c9-7-13-8(11)14-15(7)6-2-1-4(3-5(6)10)18(12,16)17/h1-3H,(H2,11,14)(H2,12,16,17). The van der Waals surface area contributed by atoms with Gasteiger partial charge in [-0.25, -0.2) is 22.6 Å². The van der Waals surface area contributed by atoms with Crippen molar-refractivity contribution in [1.29, 1.82) is 0 Å². The predicted molar refractivity (Wildman–Crippen MR) is 64.8 cm³/mol. The Morgan fingerprint density at radius 3 is 2.50 bits per heavy atom. The Balaban J connectivity index is 2.58. The number of sulfonamides is 1. The first kappa shape index (κ1) is 12.9. The number of nitrogen functional groups attached to an aromatic ring is 1. The Morgan fingerprint density at radius 1 is 1.39 bits per heavy atom. The van der Waals surface area contributed by atoms with Crippen LogP contribution in [-0.4, -0.2) is 23.2 Å². The van der Waals surface area contributed by atoms with Crippen molar-refractivity contribution in [3.8, 4) is 5.69 Å². The van der Waals surface area contributed by atoms with E-state index in [0.29, 0.717) is 0 Å². The largest absolute Gasteiger partial charge is 0.366 e. The van der Waals surface area contributed by atoms with E-state index in [1.807, 2.05) is 0 Å². The quantitative estimate of drug-likeness (QED) is 0.823. The van der Waals surface area contributed by atoms with Gasteiger partial charge in [0.2, 0.25) is 20.7 Å². The van der Waals surface area contributed by atoms with Crippen molar-refractivity contribution in [1.82, 2.24) is 14.8 Å². The molecule has 2 rings (SSSR count). The zero-order valence-corrected chi connectivity index (χ0v) is 11.1. The Morgan fingerprint density at radius 2 is 2.06 bits per heavy atom. The van der Waals surface area contributed by atoms with Crippen molar-refractivity contribution in [2.75, 3.05) is 5.73 Å². The molecule has 7 nitrogen and oxygen atoms in total. The van der Waals surface area contributed by atoms with E-state index in [4.69, 9.17) is 10.9 Å². The third kappa shape index (κ3) is 2.35. The van der Waals surface area contributed by atoms with Gasteiger partial charge in [0.25, 0.3) is 0 Å². The van der Waals surface area contributed by atoms with Crippen LogP contribution in [0.2, 0.25) is 0 Å². The lowest BCUT2D eigenvalue weighted by atomic mass is 10.3. The number of aromatic nitrogens is 3. The molecule has 1 heterocycles. The van der Waals surface area contributed by atoms with Gasteiger partial charge in [-0.3, -0.25) is 0 Å². The second-order valence-electron chi connectivity index (χ2n) is 3.31. The molecule has 0 aliphatic carbocycles. The van der Waals surface area contributed by atoms with Gasteiger partial charge in [0.05, 0.1) is 4.90 Å². The second-order valence-corrected chi connectivity index (χ2v) is 5.58. The molecule has 0 fully saturated rings. The summed E-state index contributed by atoms with van der Waals surface area (Å²) >= 11 is 3.05. The molecule has 0 aliphatic rings. The minimum atomic E-state index is -3.95. The lowest BCUT2D eigenvalue weighted by molar-refractivity contribution is 0.588. The van der Waals surface area contributed by atoms with Crippen molar-refractivity contribution in [3.05, 3.63) is 28.7 Å². The average molecular weight is 336 g/mol. The van der Waals surface area contributed by atoms with Gasteiger partial charge in [-0.1, -0.05) is 0 Å². The van der Waals surface area contributed by atoms with Crippen LogP contribution in [0.4, 0.5) is 10.3 Å². The van der Waals surface area contributed by atoms with Crippen LogP contribution in [0.5, 0.6) is 0 Å². The summed E-state index contributed by atoms with van der Waals surface area (Å²) in [5.74, 6) is -0.857. The second kappa shape index (κ2) is 4.30. The molecule has 0 aliphatic heterocycles. The maximum Gasteiger partial charge on any atom is 0.240 e. The molecule has 0 unspecified atom stereocenters. The molecule has 2 aromatic rings. The van der Waals surface area contributed by atoms with Crippen LogP contribution < -0.4 is 10.9 Å². The highest BCUT2D eigenvalue weighted by Gasteiger charge is 2.15. The highest BCUT2D eigenvalue weighted by Crippen LogP contribution is 2.20. The Kier molecular flexibility index (Phi) is 3.09. The van der Waals surface area contributed by atoms with E-state index in [2.05, 4.69) is 26.0 Å². The van der Waals surface area contributed by atoms with Crippen molar-refractivity contribution in [2.45, 2.75) is 4.90 Å². The summed E-state index contributed by atoms with van der Waals surface area (Å²) in [4.78, 5) is 3.41. The first-order valence-corrected chi connectivity index (χ1v) is 6.84. The highest BCUT2D eigenvalue weighted by atomic mass is 79.9. The zero-order chi connectivity index (χ0) is 13.5. The minimum absolute atomic E-state index is 0.00141. The molecule has 0 bridgehead atoms. The molecule has 0 saturated carbocycles. The normalized spacial score (nSPS) is 11.7. The molecule has 0 saturated heterocycles. The molecule has 0 radical (unpaired) electrons. The van der Waals surface area contributed by atoms with Crippen LogP contribution in [0.15, 0.2) is 27.8 Å². The summed E-state index contributed by atoms with van der Waals surface area (Å²) < 4.78 is 37.2. The first-order chi connectivity index (χ1) is 8.29. The van der Waals surface area contributed by atoms with E-state index in [1.54, 1.807) is 0 Å². The van der Waals surface area contributed by atoms with E-state index in [1.165, 1.54) is 6.07 Å². The van der Waals surface area contributed by atoms with Gasteiger partial charge < -0.3 is 5.73 Å². The number of rotatable bonds is 2. The van der Waals surface area contributed by atoms with Crippen LogP contribution in [0, 0.1) is 5.82 Å². The minimum Gasteiger partial charge on any atom is -0.366 e. The molecule has 0 amide bonds. The summed E-state index contributed by atoms with van der Waals surface area (Å²) in [6.07, 6.45) is 0. The van der Waals surface area contributed by atoms with E-state index >= 15 is 0 Å². The van der Waals surface area contributed by atoms with Crippen molar-refractivity contribution < 1.29 is 12.8 Å². The highest BCUT2D eigenvalue weighted by molar-refractivity contribution is 9.10. The number of nitrogens with zero attached hydrogens (tertiary/aromatic N) is 3. The summed E-state index contributed by atoms with van der Waals surface area (Å²) in [5, 5.41) is 8.64. The Labute approximate surface area is 110 Å². The summed E-state index contributed by atoms with van der Waals surface area (Å²) in [6, 6.07) is 3.18. The van der Waals surface area contributed by atoms with E-state index < -0.39 is 15.8 Å². The molecule has 10 heteroatoms. The molecule has 0 atom stereocenters. The van der Waals surface area contributed by atoms with Gasteiger partial charge >= 0.3 is 0 Å². The third-order valence-corrected chi connectivity index (χ3v) is 3.48. The number of nitrogens with two attached hydrogens (primary N) is 2. The number of hydrogen-bond acceptors (Lipinski definition) is 5. The topological polar surface area (TPSA) is 117 Å². The molecule has 1 aromatic carbocycles. The van der Waals surface area contributed by atoms with Gasteiger partial charge in [0.1, 0.15) is 11.5 Å². The predicted octanol–water partition coefficient (Wildman–Crippen LogP) is 0.399. The van der Waals surface area contributed by atoms with Crippen LogP contribution >= 0.6 is 15.9 Å². The van der Waals surface area contributed by atoms with E-state index in [-0.39, 0.29) is 21.3 Å². The number of benzene rings is 1. The molecule has 96 valence electrons. The van der Waals surface area contributed by atoms with Gasteiger partial charge in [0, 0.05) is 0 Å². The number of anilines is 1. The van der Waals surface area contributed by atoms with Crippen LogP contribution in [0.25, 0.3) is 5.69 Å². The number of halogens is 2. The smallest absolute Gasteiger partial charge is 0.240 e. The number of primary sulfonamides is 1. The fourth-order valence-corrected chi connectivity index (χ4v) is 2.28. The van der Waals surface area contributed by atoms with Crippen LogP contribution in [0.3, 0.4) is 0 Å². The van der Waals surface area contributed by atoms with Crippen molar-refractivity contribution in [2.24, 2.45) is 5.14 Å². The van der Waals surface area contributed by atoms with Crippen molar-refractivity contribution in [3.63, 3.8) is 0 Å². The average Bonchev–Trinajstić information content (AvgIpc) is 2.56. The summed E-state index contributed by atoms with van der Waals surface area (Å²) in [6.45, 7) is 0. The SMILES string of the molecule is Nc1nc(Br)n(-c2ccc(S(N)(=O)=O)cc2F)n1. The first-order valence-electron chi connectivity index (χ1n) is 4.50. The maximum atomic E-state index is 13.8. The fraction of sp³-hybridized carbons (Fsp3) is 0. The Bertz CT molecular complexity index is 714. The molecule has 4 N–H and O–H groups in total. The van der Waals surface area contributed by atoms with Gasteiger partial charge in [-0.15, -0.1) is 5.10 Å². The van der Waals surface area contributed by atoms with Gasteiger partial charge in [-0.05, 0) is 34.1 Å². The summed E-state index contributed by atoms with van der Waals surface area (Å²) in [5.41, 5.74) is 5.35. The summed E-state index contributed by atoms with van der Waals surface area (Å²) in [7, 11) is -3.95. The van der Waals surface area contributed by atoms with Gasteiger partial charge in [0.15, 0.2) is 0 Å². The van der Waals surface area contributed by atoms with Crippen LogP contribution in [0.1, 0.15) is 0 Å². The number of hydrogen-bond donors (Lipinski definition) is 2. The van der Waals surface area contributed by atoms with Gasteiger partial charge in [-0.2, -0.15) is 4.98 Å². The molecular weight excluding hydrogens is 329 g/mol. The molecule has 18 heavy (non-hydrogen) atoms. The van der Waals surface area contributed by atoms with Crippen LogP contribution in [-0.2, 0) is 10.0 Å². The molecular formula is C8H7BrFN5O2S. The lowest BCUT2D eigenvalue weighted by Crippen LogP contribution is -2.13. The monoisotopic (exact) mass is 335 g/mol. The fourth-order valence-electron chi connectivity index (χ4n) is 1.30. The van der Waals surface area contributed by atoms with E-state index in [0.717, 1.165) is 16.8 Å². The molecule has 1 aromatic heterocycles. The third-order valence-electron chi connectivity index (χ3n) is 2.06. The maximum absolute atomic E-state index is 13.8. The Hall–Kier alpha value is -1.52. The molecule has 0 spiro atoms.